The van der Waals surface area contributed by atoms with E-state index in [2.05, 4.69) is 10.4 Å². The number of halogens is 1. The van der Waals surface area contributed by atoms with Crippen molar-refractivity contribution in [3.63, 3.8) is 0 Å². The van der Waals surface area contributed by atoms with E-state index in [0.717, 1.165) is 13.1 Å². The molecule has 1 aliphatic rings. The fourth-order valence-electron chi connectivity index (χ4n) is 2.64. The number of hydrogen-bond donors (Lipinski definition) is 1. The van der Waals surface area contributed by atoms with Crippen LogP contribution in [0.25, 0.3) is 11.3 Å². The fraction of sp³-hybridized carbons (Fsp3) is 0.333. The zero-order chi connectivity index (χ0) is 16.4. The number of nitrogens with zero attached hydrogens (tertiary/aromatic N) is 4. The molecule has 2 aromatic rings. The second kappa shape index (κ2) is 7.41. The van der Waals surface area contributed by atoms with Gasteiger partial charge in [0.2, 0.25) is 0 Å². The Bertz CT molecular complexity index is 738. The van der Waals surface area contributed by atoms with Crippen LogP contribution in [0.4, 0.5) is 5.69 Å². The summed E-state index contributed by atoms with van der Waals surface area (Å²) in [6.07, 6.45) is 1.70. The Hall–Kier alpha value is -2.45. The number of carbonyl (C=O) groups excluding carboxylic acids is 1. The third-order valence-electron chi connectivity index (χ3n) is 3.81. The fourth-order valence-corrected chi connectivity index (χ4v) is 2.64. The van der Waals surface area contributed by atoms with E-state index in [-0.39, 0.29) is 24.0 Å². The van der Waals surface area contributed by atoms with E-state index in [1.165, 1.54) is 12.1 Å². The molecule has 128 valence electrons. The SMILES string of the molecule is Cl.Cn1cc(C(=O)N2CCNCC2)c(-c2ccc([N+](=O)[O-])cc2)n1. The summed E-state index contributed by atoms with van der Waals surface area (Å²) >= 11 is 0. The lowest BCUT2D eigenvalue weighted by Crippen LogP contribution is -2.46. The van der Waals surface area contributed by atoms with Gasteiger partial charge in [0.1, 0.15) is 5.69 Å². The number of hydrogen-bond acceptors (Lipinski definition) is 5. The van der Waals surface area contributed by atoms with E-state index >= 15 is 0 Å². The second-order valence-electron chi connectivity index (χ2n) is 5.41. The zero-order valence-electron chi connectivity index (χ0n) is 13.1. The molecule has 1 amide bonds. The third-order valence-corrected chi connectivity index (χ3v) is 3.81. The Balaban J connectivity index is 0.00000208. The highest BCUT2D eigenvalue weighted by molar-refractivity contribution is 5.99. The molecule has 9 heteroatoms. The van der Waals surface area contributed by atoms with Gasteiger partial charge in [0.15, 0.2) is 0 Å². The number of piperazine rings is 1. The summed E-state index contributed by atoms with van der Waals surface area (Å²) in [5, 5.41) is 18.3. The molecule has 2 heterocycles. The molecule has 0 spiro atoms. The average molecular weight is 352 g/mol. The normalized spacial score (nSPS) is 14.1. The Morgan fingerprint density at radius 3 is 2.46 bits per heavy atom. The maximum absolute atomic E-state index is 12.7. The lowest BCUT2D eigenvalue weighted by molar-refractivity contribution is -0.384. The first-order valence-corrected chi connectivity index (χ1v) is 7.35. The van der Waals surface area contributed by atoms with Crippen molar-refractivity contribution in [1.29, 1.82) is 0 Å². The molecule has 24 heavy (non-hydrogen) atoms. The van der Waals surface area contributed by atoms with Crippen LogP contribution in [0.3, 0.4) is 0 Å². The van der Waals surface area contributed by atoms with Gasteiger partial charge in [-0.05, 0) is 12.1 Å². The maximum Gasteiger partial charge on any atom is 0.269 e. The van der Waals surface area contributed by atoms with Gasteiger partial charge >= 0.3 is 0 Å². The van der Waals surface area contributed by atoms with Crippen molar-refractivity contribution in [2.45, 2.75) is 0 Å². The smallest absolute Gasteiger partial charge is 0.269 e. The standard InChI is InChI=1S/C15H17N5O3.ClH/c1-18-10-13(15(21)19-8-6-16-7-9-19)14(17-18)11-2-4-12(5-3-11)20(22)23;/h2-5,10,16H,6-9H2,1H3;1H. The van der Waals surface area contributed by atoms with Crippen molar-refractivity contribution in [2.75, 3.05) is 26.2 Å². The molecule has 1 fully saturated rings. The summed E-state index contributed by atoms with van der Waals surface area (Å²) in [5.41, 5.74) is 1.77. The molecule has 0 saturated carbocycles. The molecular weight excluding hydrogens is 334 g/mol. The molecule has 0 aliphatic carbocycles. The number of benzene rings is 1. The van der Waals surface area contributed by atoms with Crippen LogP contribution in [0.2, 0.25) is 0 Å². The highest BCUT2D eigenvalue weighted by Gasteiger charge is 2.24. The Kier molecular flexibility index (Phi) is 5.53. The van der Waals surface area contributed by atoms with Crippen LogP contribution >= 0.6 is 12.4 Å². The summed E-state index contributed by atoms with van der Waals surface area (Å²) in [6.45, 7) is 2.87. The van der Waals surface area contributed by atoms with Crippen LogP contribution < -0.4 is 5.32 Å². The quantitative estimate of drug-likeness (QED) is 0.667. The van der Waals surface area contributed by atoms with E-state index in [1.807, 2.05) is 0 Å². The predicted molar refractivity (Wildman–Crippen MR) is 91.3 cm³/mol. The third kappa shape index (κ3) is 3.55. The lowest BCUT2D eigenvalue weighted by Gasteiger charge is -2.27. The molecule has 0 radical (unpaired) electrons. The summed E-state index contributed by atoms with van der Waals surface area (Å²) in [4.78, 5) is 24.8. The monoisotopic (exact) mass is 351 g/mol. The van der Waals surface area contributed by atoms with Crippen molar-refractivity contribution in [1.82, 2.24) is 20.0 Å². The number of nitro benzene ring substituents is 1. The van der Waals surface area contributed by atoms with Crippen LogP contribution in [0.15, 0.2) is 30.5 Å². The van der Waals surface area contributed by atoms with Crippen LogP contribution in [0.1, 0.15) is 10.4 Å². The Morgan fingerprint density at radius 1 is 1.25 bits per heavy atom. The highest BCUT2D eigenvalue weighted by atomic mass is 35.5. The van der Waals surface area contributed by atoms with E-state index in [0.29, 0.717) is 29.9 Å². The van der Waals surface area contributed by atoms with E-state index < -0.39 is 4.92 Å². The van der Waals surface area contributed by atoms with Crippen LogP contribution in [0.5, 0.6) is 0 Å². The molecule has 0 atom stereocenters. The van der Waals surface area contributed by atoms with Gasteiger partial charge in [-0.25, -0.2) is 0 Å². The number of aromatic nitrogens is 2. The number of aryl methyl sites for hydroxylation is 1. The number of amides is 1. The van der Waals surface area contributed by atoms with Crippen molar-refractivity contribution in [3.8, 4) is 11.3 Å². The Morgan fingerprint density at radius 2 is 1.88 bits per heavy atom. The number of nitrogens with one attached hydrogen (secondary N) is 1. The molecular formula is C15H18ClN5O3. The molecule has 8 nitrogen and oxygen atoms in total. The van der Waals surface area contributed by atoms with Gasteiger partial charge in [0.25, 0.3) is 11.6 Å². The molecule has 1 saturated heterocycles. The van der Waals surface area contributed by atoms with Crippen LogP contribution in [-0.4, -0.2) is 51.7 Å². The van der Waals surface area contributed by atoms with Crippen LogP contribution in [0, 0.1) is 10.1 Å². The first-order valence-electron chi connectivity index (χ1n) is 7.35. The molecule has 3 rings (SSSR count). The van der Waals surface area contributed by atoms with E-state index in [1.54, 1.807) is 35.0 Å². The lowest BCUT2D eigenvalue weighted by atomic mass is 10.1. The predicted octanol–water partition coefficient (Wildman–Crippen LogP) is 1.46. The maximum atomic E-state index is 12.7. The van der Waals surface area contributed by atoms with Gasteiger partial charge in [-0.15, -0.1) is 12.4 Å². The molecule has 1 N–H and O–H groups in total. The topological polar surface area (TPSA) is 93.3 Å². The molecule has 1 aliphatic heterocycles. The first kappa shape index (κ1) is 17.9. The van der Waals surface area contributed by atoms with Crippen molar-refractivity contribution >= 4 is 24.0 Å². The minimum Gasteiger partial charge on any atom is -0.336 e. The minimum absolute atomic E-state index is 0. The number of nitro groups is 1. The molecule has 0 unspecified atom stereocenters. The largest absolute Gasteiger partial charge is 0.336 e. The molecule has 1 aromatic heterocycles. The molecule has 1 aromatic carbocycles. The second-order valence-corrected chi connectivity index (χ2v) is 5.41. The number of non-ortho nitro benzene ring substituents is 1. The van der Waals surface area contributed by atoms with Gasteiger partial charge in [0, 0.05) is 57.1 Å². The van der Waals surface area contributed by atoms with Crippen molar-refractivity contribution in [2.24, 2.45) is 7.05 Å². The van der Waals surface area contributed by atoms with Gasteiger partial charge in [-0.1, -0.05) is 0 Å². The van der Waals surface area contributed by atoms with E-state index in [4.69, 9.17) is 0 Å². The minimum atomic E-state index is -0.449. The molecule has 0 bridgehead atoms. The summed E-state index contributed by atoms with van der Waals surface area (Å²) < 4.78 is 1.59. The number of rotatable bonds is 3. The van der Waals surface area contributed by atoms with Gasteiger partial charge in [0.05, 0.1) is 10.5 Å². The zero-order valence-corrected chi connectivity index (χ0v) is 14.0. The van der Waals surface area contributed by atoms with E-state index in [9.17, 15) is 14.9 Å². The van der Waals surface area contributed by atoms with Crippen LogP contribution in [-0.2, 0) is 7.05 Å². The van der Waals surface area contributed by atoms with Crippen molar-refractivity contribution in [3.05, 3.63) is 46.1 Å². The highest BCUT2D eigenvalue weighted by Crippen LogP contribution is 2.25. The average Bonchev–Trinajstić information content (AvgIpc) is 2.97. The van der Waals surface area contributed by atoms with Gasteiger partial charge < -0.3 is 10.2 Å². The van der Waals surface area contributed by atoms with Gasteiger partial charge in [-0.2, -0.15) is 5.10 Å². The first-order chi connectivity index (χ1) is 11.1. The van der Waals surface area contributed by atoms with Gasteiger partial charge in [-0.3, -0.25) is 19.6 Å². The Labute approximate surface area is 145 Å². The summed E-state index contributed by atoms with van der Waals surface area (Å²) in [7, 11) is 1.75. The van der Waals surface area contributed by atoms with Crippen molar-refractivity contribution < 1.29 is 9.72 Å². The number of carbonyl (C=O) groups is 1. The summed E-state index contributed by atoms with van der Waals surface area (Å²) in [5.74, 6) is -0.0621. The summed E-state index contributed by atoms with van der Waals surface area (Å²) in [6, 6.07) is 6.08.